The summed E-state index contributed by atoms with van der Waals surface area (Å²) in [6.07, 6.45) is -1.49. The molecule has 0 unspecified atom stereocenters. The van der Waals surface area contributed by atoms with E-state index < -0.39 is 42.9 Å². The lowest BCUT2D eigenvalue weighted by molar-refractivity contribution is -0.148. The Bertz CT molecular complexity index is 1030. The van der Waals surface area contributed by atoms with Crippen LogP contribution in [-0.2, 0) is 14.3 Å². The van der Waals surface area contributed by atoms with E-state index in [1.54, 1.807) is 0 Å². The van der Waals surface area contributed by atoms with E-state index in [4.69, 9.17) is 9.84 Å². The van der Waals surface area contributed by atoms with Crippen molar-refractivity contribution in [1.29, 1.82) is 0 Å². The van der Waals surface area contributed by atoms with Crippen molar-refractivity contribution in [2.45, 2.75) is 37.1 Å². The number of carbonyl (C=O) groups excluding carboxylic acids is 2. The first-order valence-corrected chi connectivity index (χ1v) is 10.8. The van der Waals surface area contributed by atoms with Crippen LogP contribution in [0.4, 0.5) is 13.6 Å². The normalized spacial score (nSPS) is 18.5. The number of alkyl carbamates (subject to hydrolysis) is 1. The summed E-state index contributed by atoms with van der Waals surface area (Å²) in [5.74, 6) is -5.40. The molecule has 2 aliphatic rings. The van der Waals surface area contributed by atoms with Gasteiger partial charge < -0.3 is 20.1 Å². The quantitative estimate of drug-likeness (QED) is 0.618. The third kappa shape index (κ3) is 4.81. The molecule has 1 saturated heterocycles. The highest BCUT2D eigenvalue weighted by atomic mass is 19.3. The van der Waals surface area contributed by atoms with Crippen LogP contribution in [0.25, 0.3) is 11.1 Å². The van der Waals surface area contributed by atoms with Gasteiger partial charge in [0.25, 0.3) is 5.92 Å². The van der Waals surface area contributed by atoms with Gasteiger partial charge in [-0.05, 0) is 28.7 Å². The molecule has 2 aromatic carbocycles. The zero-order chi connectivity index (χ0) is 23.6. The zero-order valence-electron chi connectivity index (χ0n) is 17.8. The van der Waals surface area contributed by atoms with Gasteiger partial charge in [0, 0.05) is 25.3 Å². The average Bonchev–Trinajstić information content (AvgIpc) is 3.29. The number of ether oxygens (including phenoxy) is 1. The number of carboxylic acids is 1. The van der Waals surface area contributed by atoms with Gasteiger partial charge >= 0.3 is 12.1 Å². The fourth-order valence-electron chi connectivity index (χ4n) is 4.52. The molecule has 7 nitrogen and oxygen atoms in total. The zero-order valence-corrected chi connectivity index (χ0v) is 17.8. The standard InChI is InChI=1S/C24H24F2N2O5/c25-24(26)12-20(22(30)31)28(14-24)21(29)10-5-11-27-23(32)33-13-19-17-8-3-1-6-15(17)16-7-2-4-9-18(16)19/h1-4,6-9,19-20H,5,10-14H2,(H,27,32)(H,30,31)/t20-/m0/s1. The van der Waals surface area contributed by atoms with Crippen LogP contribution in [-0.4, -0.2) is 59.6 Å². The van der Waals surface area contributed by atoms with Crippen LogP contribution in [0.1, 0.15) is 36.3 Å². The number of rotatable bonds is 7. The number of hydrogen-bond acceptors (Lipinski definition) is 4. The Kier molecular flexibility index (Phi) is 6.31. The van der Waals surface area contributed by atoms with Crippen LogP contribution in [0.3, 0.4) is 0 Å². The van der Waals surface area contributed by atoms with Gasteiger partial charge in [-0.15, -0.1) is 0 Å². The maximum absolute atomic E-state index is 13.5. The summed E-state index contributed by atoms with van der Waals surface area (Å²) >= 11 is 0. The van der Waals surface area contributed by atoms with E-state index >= 15 is 0 Å². The van der Waals surface area contributed by atoms with Crippen molar-refractivity contribution < 1.29 is 33.0 Å². The molecular formula is C24H24F2N2O5. The Morgan fingerprint density at radius 1 is 1.06 bits per heavy atom. The number of likely N-dealkylation sites (tertiary alicyclic amines) is 1. The molecule has 1 fully saturated rings. The number of nitrogens with one attached hydrogen (secondary N) is 1. The highest BCUT2D eigenvalue weighted by Crippen LogP contribution is 2.44. The molecule has 1 atom stereocenters. The number of halogens is 2. The molecule has 1 aliphatic heterocycles. The maximum Gasteiger partial charge on any atom is 0.407 e. The maximum atomic E-state index is 13.5. The van der Waals surface area contributed by atoms with Gasteiger partial charge in [-0.25, -0.2) is 18.4 Å². The first-order chi connectivity index (χ1) is 15.8. The van der Waals surface area contributed by atoms with Crippen LogP contribution >= 0.6 is 0 Å². The largest absolute Gasteiger partial charge is 0.480 e. The van der Waals surface area contributed by atoms with Crippen molar-refractivity contribution in [3.63, 3.8) is 0 Å². The van der Waals surface area contributed by atoms with Crippen LogP contribution in [0.5, 0.6) is 0 Å². The summed E-state index contributed by atoms with van der Waals surface area (Å²) in [6, 6.07) is 14.4. The number of hydrogen-bond donors (Lipinski definition) is 2. The smallest absolute Gasteiger partial charge is 0.407 e. The highest BCUT2D eigenvalue weighted by molar-refractivity contribution is 5.84. The number of aliphatic carboxylic acids is 1. The highest BCUT2D eigenvalue weighted by Gasteiger charge is 2.49. The first-order valence-electron chi connectivity index (χ1n) is 10.8. The van der Waals surface area contributed by atoms with E-state index in [1.165, 1.54) is 0 Å². The summed E-state index contributed by atoms with van der Waals surface area (Å²) in [5.41, 5.74) is 4.42. The lowest BCUT2D eigenvalue weighted by Gasteiger charge is -2.20. The van der Waals surface area contributed by atoms with Crippen molar-refractivity contribution in [1.82, 2.24) is 10.2 Å². The van der Waals surface area contributed by atoms with Crippen molar-refractivity contribution in [2.75, 3.05) is 19.7 Å². The summed E-state index contributed by atoms with van der Waals surface area (Å²) < 4.78 is 32.5. The Morgan fingerprint density at radius 2 is 1.67 bits per heavy atom. The minimum Gasteiger partial charge on any atom is -0.480 e. The number of amides is 2. The third-order valence-electron chi connectivity index (χ3n) is 6.06. The van der Waals surface area contributed by atoms with Crippen LogP contribution in [0.15, 0.2) is 48.5 Å². The number of carbonyl (C=O) groups is 3. The van der Waals surface area contributed by atoms with Crippen molar-refractivity contribution in [3.05, 3.63) is 59.7 Å². The lowest BCUT2D eigenvalue weighted by Crippen LogP contribution is -2.41. The van der Waals surface area contributed by atoms with Gasteiger partial charge in [0.15, 0.2) is 0 Å². The molecule has 0 spiro atoms. The molecule has 174 valence electrons. The van der Waals surface area contributed by atoms with E-state index in [2.05, 4.69) is 5.32 Å². The first kappa shape index (κ1) is 22.7. The molecule has 1 heterocycles. The fourth-order valence-corrected chi connectivity index (χ4v) is 4.52. The number of carboxylic acid groups (broad SMARTS) is 1. The second-order valence-electron chi connectivity index (χ2n) is 8.29. The fraction of sp³-hybridized carbons (Fsp3) is 0.375. The Labute approximate surface area is 189 Å². The minimum absolute atomic E-state index is 0.0745. The van der Waals surface area contributed by atoms with Crippen molar-refractivity contribution in [2.24, 2.45) is 0 Å². The third-order valence-corrected chi connectivity index (χ3v) is 6.06. The van der Waals surface area contributed by atoms with Gasteiger partial charge in [0.05, 0.1) is 6.54 Å². The molecule has 0 radical (unpaired) electrons. The molecule has 4 rings (SSSR count). The SMILES string of the molecule is O=C(NCCCC(=O)N1CC(F)(F)C[C@H]1C(=O)O)OCC1c2ccccc2-c2ccccc21. The molecule has 0 saturated carbocycles. The summed E-state index contributed by atoms with van der Waals surface area (Å²) in [6.45, 7) is -0.644. The number of fused-ring (bicyclic) bond motifs is 3. The molecule has 2 aromatic rings. The van der Waals surface area contributed by atoms with Gasteiger partial charge in [-0.3, -0.25) is 4.79 Å². The Morgan fingerprint density at radius 3 is 2.27 bits per heavy atom. The second-order valence-corrected chi connectivity index (χ2v) is 8.29. The molecule has 9 heteroatoms. The van der Waals surface area contributed by atoms with Crippen molar-refractivity contribution in [3.8, 4) is 11.1 Å². The van der Waals surface area contributed by atoms with Crippen LogP contribution in [0, 0.1) is 0 Å². The van der Waals surface area contributed by atoms with Crippen LogP contribution < -0.4 is 5.32 Å². The predicted molar refractivity (Wildman–Crippen MR) is 115 cm³/mol. The molecule has 33 heavy (non-hydrogen) atoms. The predicted octanol–water partition coefficient (Wildman–Crippen LogP) is 3.63. The lowest BCUT2D eigenvalue weighted by atomic mass is 9.98. The van der Waals surface area contributed by atoms with Gasteiger partial charge in [-0.2, -0.15) is 0 Å². The summed E-state index contributed by atoms with van der Waals surface area (Å²) in [7, 11) is 0. The molecule has 0 aromatic heterocycles. The molecular weight excluding hydrogens is 434 g/mol. The Hall–Kier alpha value is -3.49. The van der Waals surface area contributed by atoms with E-state index in [1.807, 2.05) is 48.5 Å². The molecule has 1 aliphatic carbocycles. The molecule has 0 bridgehead atoms. The van der Waals surface area contributed by atoms with Gasteiger partial charge in [-0.1, -0.05) is 48.5 Å². The Balaban J connectivity index is 1.24. The topological polar surface area (TPSA) is 95.9 Å². The van der Waals surface area contributed by atoms with Crippen molar-refractivity contribution >= 4 is 18.0 Å². The van der Waals surface area contributed by atoms with Gasteiger partial charge in [0.1, 0.15) is 12.6 Å². The van der Waals surface area contributed by atoms with E-state index in [-0.39, 0.29) is 31.9 Å². The molecule has 2 N–H and O–H groups in total. The van der Waals surface area contributed by atoms with Gasteiger partial charge in [0.2, 0.25) is 5.91 Å². The van der Waals surface area contributed by atoms with E-state index in [9.17, 15) is 23.2 Å². The van der Waals surface area contributed by atoms with E-state index in [0.717, 1.165) is 22.3 Å². The average molecular weight is 458 g/mol. The van der Waals surface area contributed by atoms with Crippen LogP contribution in [0.2, 0.25) is 0 Å². The number of nitrogens with zero attached hydrogens (tertiary/aromatic N) is 1. The number of alkyl halides is 2. The molecule has 2 amide bonds. The number of benzene rings is 2. The monoisotopic (exact) mass is 458 g/mol. The summed E-state index contributed by atoms with van der Waals surface area (Å²) in [4.78, 5) is 36.2. The summed E-state index contributed by atoms with van der Waals surface area (Å²) in [5, 5.41) is 11.6. The second kappa shape index (κ2) is 9.17. The minimum atomic E-state index is -3.21. The van der Waals surface area contributed by atoms with E-state index in [0.29, 0.717) is 4.90 Å².